The summed E-state index contributed by atoms with van der Waals surface area (Å²) in [4.78, 5) is 26.3. The van der Waals surface area contributed by atoms with Gasteiger partial charge in [-0.2, -0.15) is 0 Å². The first-order valence-electron chi connectivity index (χ1n) is 8.60. The van der Waals surface area contributed by atoms with Crippen LogP contribution in [0.5, 0.6) is 5.75 Å². The minimum absolute atomic E-state index is 0.256. The number of halogens is 1. The molecule has 1 N–H and O–H groups in total. The molecule has 2 amide bonds. The zero-order valence-corrected chi connectivity index (χ0v) is 16.0. The van der Waals surface area contributed by atoms with E-state index in [-0.39, 0.29) is 12.1 Å². The standard InChI is InChI=1S/C20H19ClN2O4/c1-11-4-6-13(9-15(11)21)23-19(25)22-16-10-20(23,2)27-17-7-5-12(8-14(16)17)18(24)26-3/h4-9,16H,10H2,1-3H3,(H,22,25)/t16-,20+/m1/s1. The summed E-state index contributed by atoms with van der Waals surface area (Å²) in [7, 11) is 1.34. The quantitative estimate of drug-likeness (QED) is 0.785. The number of hydrogen-bond donors (Lipinski definition) is 1. The first kappa shape index (κ1) is 17.7. The molecule has 0 unspecified atom stereocenters. The second kappa shape index (κ2) is 6.16. The minimum Gasteiger partial charge on any atom is -0.467 e. The highest BCUT2D eigenvalue weighted by Crippen LogP contribution is 2.46. The molecule has 1 saturated heterocycles. The molecule has 0 spiro atoms. The highest BCUT2D eigenvalue weighted by atomic mass is 35.5. The van der Waals surface area contributed by atoms with Gasteiger partial charge in [-0.05, 0) is 49.7 Å². The van der Waals surface area contributed by atoms with Gasteiger partial charge in [0.25, 0.3) is 0 Å². The first-order valence-corrected chi connectivity index (χ1v) is 8.98. The molecular weight excluding hydrogens is 368 g/mol. The summed E-state index contributed by atoms with van der Waals surface area (Å²) in [5.74, 6) is 0.203. The molecule has 1 fully saturated rings. The van der Waals surface area contributed by atoms with E-state index in [1.807, 2.05) is 26.0 Å². The number of benzene rings is 2. The molecule has 2 atom stereocenters. The number of hydrogen-bond acceptors (Lipinski definition) is 4. The smallest absolute Gasteiger partial charge is 0.337 e. The third-order valence-electron chi connectivity index (χ3n) is 5.11. The Balaban J connectivity index is 1.76. The van der Waals surface area contributed by atoms with Gasteiger partial charge in [-0.25, -0.2) is 9.59 Å². The van der Waals surface area contributed by atoms with E-state index in [1.165, 1.54) is 7.11 Å². The van der Waals surface area contributed by atoms with Gasteiger partial charge in [0, 0.05) is 17.0 Å². The van der Waals surface area contributed by atoms with Crippen molar-refractivity contribution in [1.29, 1.82) is 0 Å². The molecule has 0 aromatic heterocycles. The molecule has 2 bridgehead atoms. The van der Waals surface area contributed by atoms with Crippen LogP contribution >= 0.6 is 11.6 Å². The van der Waals surface area contributed by atoms with Crippen molar-refractivity contribution in [3.8, 4) is 5.75 Å². The summed E-state index contributed by atoms with van der Waals surface area (Å²) in [6.45, 7) is 3.79. The number of carbonyl (C=O) groups is 2. The Kier molecular flexibility index (Phi) is 4.03. The van der Waals surface area contributed by atoms with E-state index in [9.17, 15) is 9.59 Å². The van der Waals surface area contributed by atoms with Gasteiger partial charge in [-0.3, -0.25) is 4.90 Å². The number of esters is 1. The molecule has 2 aliphatic heterocycles. The third kappa shape index (κ3) is 2.80. The van der Waals surface area contributed by atoms with Crippen molar-refractivity contribution < 1.29 is 19.1 Å². The Morgan fingerprint density at radius 1 is 1.33 bits per heavy atom. The summed E-state index contributed by atoms with van der Waals surface area (Å²) in [6.07, 6.45) is 0.530. The van der Waals surface area contributed by atoms with Gasteiger partial charge >= 0.3 is 12.0 Å². The average molecular weight is 387 g/mol. The van der Waals surface area contributed by atoms with Gasteiger partial charge < -0.3 is 14.8 Å². The van der Waals surface area contributed by atoms with E-state index in [4.69, 9.17) is 21.1 Å². The molecule has 2 heterocycles. The molecule has 2 aromatic rings. The number of methoxy groups -OCH3 is 1. The molecule has 2 aromatic carbocycles. The van der Waals surface area contributed by atoms with Gasteiger partial charge in [-0.1, -0.05) is 17.7 Å². The molecule has 0 saturated carbocycles. The molecule has 6 nitrogen and oxygen atoms in total. The SMILES string of the molecule is COC(=O)c1ccc2c(c1)[C@H]1C[C@](C)(O2)N(c2ccc(C)c(Cl)c2)C(=O)N1. The first-order chi connectivity index (χ1) is 12.8. The Labute approximate surface area is 162 Å². The predicted octanol–water partition coefficient (Wildman–Crippen LogP) is 4.20. The number of carbonyl (C=O) groups excluding carboxylic acids is 2. The predicted molar refractivity (Wildman–Crippen MR) is 101 cm³/mol. The van der Waals surface area contributed by atoms with Crippen molar-refractivity contribution >= 4 is 29.3 Å². The molecule has 140 valence electrons. The fourth-order valence-corrected chi connectivity index (χ4v) is 3.91. The van der Waals surface area contributed by atoms with E-state index >= 15 is 0 Å². The highest BCUT2D eigenvalue weighted by Gasteiger charge is 2.50. The summed E-state index contributed by atoms with van der Waals surface area (Å²) in [5.41, 5.74) is 1.92. The maximum Gasteiger partial charge on any atom is 0.337 e. The van der Waals surface area contributed by atoms with Crippen LogP contribution < -0.4 is 15.0 Å². The van der Waals surface area contributed by atoms with Crippen molar-refractivity contribution in [3.05, 3.63) is 58.1 Å². The van der Waals surface area contributed by atoms with Crippen molar-refractivity contribution in [2.24, 2.45) is 0 Å². The van der Waals surface area contributed by atoms with E-state index in [2.05, 4.69) is 5.32 Å². The summed E-state index contributed by atoms with van der Waals surface area (Å²) >= 11 is 6.26. The van der Waals surface area contributed by atoms with Gasteiger partial charge in [-0.15, -0.1) is 0 Å². The van der Waals surface area contributed by atoms with Crippen molar-refractivity contribution in [3.63, 3.8) is 0 Å². The van der Waals surface area contributed by atoms with Crippen LogP contribution in [0.15, 0.2) is 36.4 Å². The average Bonchev–Trinajstić information content (AvgIpc) is 2.63. The molecule has 7 heteroatoms. The molecule has 27 heavy (non-hydrogen) atoms. The van der Waals surface area contributed by atoms with E-state index in [1.54, 1.807) is 29.2 Å². The van der Waals surface area contributed by atoms with Crippen LogP contribution in [-0.4, -0.2) is 24.8 Å². The molecule has 0 radical (unpaired) electrons. The number of nitrogens with one attached hydrogen (secondary N) is 1. The van der Waals surface area contributed by atoms with Crippen LogP contribution in [0.2, 0.25) is 5.02 Å². The molecule has 4 rings (SSSR count). The lowest BCUT2D eigenvalue weighted by Gasteiger charge is -2.50. The zero-order chi connectivity index (χ0) is 19.3. The summed E-state index contributed by atoms with van der Waals surface area (Å²) in [6, 6.07) is 10.1. The van der Waals surface area contributed by atoms with Gasteiger partial charge in [0.2, 0.25) is 0 Å². The Morgan fingerprint density at radius 3 is 2.81 bits per heavy atom. The van der Waals surface area contributed by atoms with Crippen molar-refractivity contribution in [2.75, 3.05) is 12.0 Å². The second-order valence-corrected chi connectivity index (χ2v) is 7.40. The van der Waals surface area contributed by atoms with Gasteiger partial charge in [0.05, 0.1) is 24.4 Å². The van der Waals surface area contributed by atoms with Crippen LogP contribution in [-0.2, 0) is 4.74 Å². The number of ether oxygens (including phenoxy) is 2. The number of aryl methyl sites for hydroxylation is 1. The number of amides is 2. The van der Waals surface area contributed by atoms with Crippen LogP contribution in [0.25, 0.3) is 0 Å². The number of fused-ring (bicyclic) bond motifs is 4. The fraction of sp³-hybridized carbons (Fsp3) is 0.300. The highest BCUT2D eigenvalue weighted by molar-refractivity contribution is 6.31. The Morgan fingerprint density at radius 2 is 2.11 bits per heavy atom. The Bertz CT molecular complexity index is 961. The molecule has 2 aliphatic rings. The number of urea groups is 1. The van der Waals surface area contributed by atoms with Crippen molar-refractivity contribution in [1.82, 2.24) is 5.32 Å². The zero-order valence-electron chi connectivity index (χ0n) is 15.2. The van der Waals surface area contributed by atoms with Crippen molar-refractivity contribution in [2.45, 2.75) is 32.0 Å². The molecular formula is C20H19ClN2O4. The van der Waals surface area contributed by atoms with Crippen LogP contribution in [0.4, 0.5) is 10.5 Å². The van der Waals surface area contributed by atoms with Gasteiger partial charge in [0.15, 0.2) is 5.72 Å². The van der Waals surface area contributed by atoms with Crippen LogP contribution in [0, 0.1) is 6.92 Å². The second-order valence-electron chi connectivity index (χ2n) is 7.00. The lowest BCUT2D eigenvalue weighted by Crippen LogP contribution is -2.65. The third-order valence-corrected chi connectivity index (χ3v) is 5.51. The van der Waals surface area contributed by atoms with Gasteiger partial charge in [0.1, 0.15) is 5.75 Å². The topological polar surface area (TPSA) is 67.9 Å². The van der Waals surface area contributed by atoms with E-state index in [0.29, 0.717) is 28.4 Å². The minimum atomic E-state index is -0.870. The number of nitrogens with zero attached hydrogens (tertiary/aromatic N) is 1. The van der Waals surface area contributed by atoms with Crippen LogP contribution in [0.1, 0.15) is 40.9 Å². The summed E-state index contributed by atoms with van der Waals surface area (Å²) < 4.78 is 11.0. The summed E-state index contributed by atoms with van der Waals surface area (Å²) in [5, 5.41) is 3.60. The monoisotopic (exact) mass is 386 g/mol. The lowest BCUT2D eigenvalue weighted by molar-refractivity contribution is 0.0377. The maximum absolute atomic E-state index is 12.9. The maximum atomic E-state index is 12.9. The normalized spacial score (nSPS) is 23.2. The molecule has 0 aliphatic carbocycles. The lowest BCUT2D eigenvalue weighted by atomic mass is 9.89. The largest absolute Gasteiger partial charge is 0.467 e. The van der Waals surface area contributed by atoms with E-state index in [0.717, 1.165) is 11.1 Å². The Hall–Kier alpha value is -2.73. The fourth-order valence-electron chi connectivity index (χ4n) is 3.73. The van der Waals surface area contributed by atoms with Crippen LogP contribution in [0.3, 0.4) is 0 Å². The van der Waals surface area contributed by atoms with E-state index < -0.39 is 11.7 Å². The number of rotatable bonds is 2. The number of anilines is 1.